The first kappa shape index (κ1) is 22.8. The molecule has 176 valence electrons. The first-order chi connectivity index (χ1) is 16.6. The van der Waals surface area contributed by atoms with E-state index >= 15 is 13.2 Å². The topological polar surface area (TPSA) is 0 Å². The lowest BCUT2D eigenvalue weighted by atomic mass is 9.85. The SMILES string of the molecule is Fc1c(F)c(C(F)(F)F)c(F)c(F)c1-c1c2ccccc2c(-c2ccccc2)c2c(F)cccc12. The van der Waals surface area contributed by atoms with Crippen LogP contribution < -0.4 is 0 Å². The highest BCUT2D eigenvalue weighted by molar-refractivity contribution is 6.21. The molecule has 5 aromatic rings. The zero-order chi connectivity index (χ0) is 25.1. The van der Waals surface area contributed by atoms with Crippen LogP contribution in [-0.4, -0.2) is 0 Å². The van der Waals surface area contributed by atoms with Crippen molar-refractivity contribution < 1.29 is 35.1 Å². The summed E-state index contributed by atoms with van der Waals surface area (Å²) in [5.74, 6) is -10.4. The molecule has 0 unspecified atom stereocenters. The van der Waals surface area contributed by atoms with Gasteiger partial charge < -0.3 is 0 Å². The van der Waals surface area contributed by atoms with E-state index in [0.29, 0.717) is 11.1 Å². The van der Waals surface area contributed by atoms with Crippen molar-refractivity contribution in [3.8, 4) is 22.3 Å². The van der Waals surface area contributed by atoms with E-state index < -0.39 is 52.0 Å². The molecule has 0 amide bonds. The minimum atomic E-state index is -5.68. The molecule has 0 heterocycles. The Labute approximate surface area is 193 Å². The summed E-state index contributed by atoms with van der Waals surface area (Å²) in [5, 5.41) is 0.123. The minimum absolute atomic E-state index is 0.0702. The van der Waals surface area contributed by atoms with Crippen LogP contribution >= 0.6 is 0 Å². The Balaban J connectivity index is 2.04. The lowest BCUT2D eigenvalue weighted by Crippen LogP contribution is -2.16. The molecule has 35 heavy (non-hydrogen) atoms. The third kappa shape index (κ3) is 3.43. The smallest absolute Gasteiger partial charge is 0.206 e. The fraction of sp³-hybridized carbons (Fsp3) is 0.0370. The number of rotatable bonds is 2. The van der Waals surface area contributed by atoms with Gasteiger partial charge >= 0.3 is 6.18 Å². The van der Waals surface area contributed by atoms with Crippen molar-refractivity contribution in [1.29, 1.82) is 0 Å². The maximum absolute atomic E-state index is 15.3. The molecule has 0 saturated carbocycles. The molecule has 0 radical (unpaired) electrons. The molecule has 0 aliphatic carbocycles. The molecule has 0 bridgehead atoms. The third-order valence-corrected chi connectivity index (χ3v) is 5.86. The summed E-state index contributed by atoms with van der Waals surface area (Å²) in [7, 11) is 0. The van der Waals surface area contributed by atoms with Crippen LogP contribution in [0.5, 0.6) is 0 Å². The molecule has 0 aliphatic heterocycles. The van der Waals surface area contributed by atoms with Gasteiger partial charge in [-0.05, 0) is 27.8 Å². The molecule has 0 saturated heterocycles. The number of alkyl halides is 3. The van der Waals surface area contributed by atoms with E-state index in [-0.39, 0.29) is 21.5 Å². The molecule has 0 nitrogen and oxygen atoms in total. The van der Waals surface area contributed by atoms with Crippen molar-refractivity contribution in [1.82, 2.24) is 0 Å². The normalized spacial score (nSPS) is 12.0. The lowest BCUT2D eigenvalue weighted by molar-refractivity contribution is -0.143. The number of hydrogen-bond acceptors (Lipinski definition) is 0. The summed E-state index contributed by atoms with van der Waals surface area (Å²) in [5.41, 5.74) is -3.57. The summed E-state index contributed by atoms with van der Waals surface area (Å²) in [6, 6.07) is 18.1. The van der Waals surface area contributed by atoms with Crippen LogP contribution in [-0.2, 0) is 6.18 Å². The number of halogens is 8. The Kier molecular flexibility index (Phi) is 5.27. The third-order valence-electron chi connectivity index (χ3n) is 5.86. The lowest BCUT2D eigenvalue weighted by Gasteiger charge is -2.20. The van der Waals surface area contributed by atoms with Crippen molar-refractivity contribution in [3.63, 3.8) is 0 Å². The van der Waals surface area contributed by atoms with Gasteiger partial charge in [0.15, 0.2) is 23.3 Å². The first-order valence-electron chi connectivity index (χ1n) is 10.2. The van der Waals surface area contributed by atoms with Crippen LogP contribution in [0.2, 0.25) is 0 Å². The first-order valence-corrected chi connectivity index (χ1v) is 10.2. The summed E-state index contributed by atoms with van der Waals surface area (Å²) >= 11 is 0. The molecule has 5 rings (SSSR count). The highest BCUT2D eigenvalue weighted by Crippen LogP contribution is 2.47. The highest BCUT2D eigenvalue weighted by atomic mass is 19.4. The Morgan fingerprint density at radius 2 is 0.971 bits per heavy atom. The van der Waals surface area contributed by atoms with E-state index in [1.54, 1.807) is 36.4 Å². The van der Waals surface area contributed by atoms with Crippen molar-refractivity contribution in [3.05, 3.63) is 107 Å². The Morgan fingerprint density at radius 3 is 1.54 bits per heavy atom. The van der Waals surface area contributed by atoms with E-state index in [2.05, 4.69) is 0 Å². The zero-order valence-electron chi connectivity index (χ0n) is 17.5. The van der Waals surface area contributed by atoms with Gasteiger partial charge in [0, 0.05) is 16.5 Å². The molecule has 8 heteroatoms. The van der Waals surface area contributed by atoms with Gasteiger partial charge in [-0.25, -0.2) is 22.0 Å². The van der Waals surface area contributed by atoms with E-state index in [1.807, 2.05) is 0 Å². The van der Waals surface area contributed by atoms with Crippen molar-refractivity contribution >= 4 is 21.5 Å². The van der Waals surface area contributed by atoms with Gasteiger partial charge in [-0.3, -0.25) is 0 Å². The molecule has 0 spiro atoms. The second-order valence-electron chi connectivity index (χ2n) is 7.83. The van der Waals surface area contributed by atoms with Gasteiger partial charge in [0.05, 0.1) is 5.56 Å². The Hall–Kier alpha value is -3.94. The Bertz CT molecular complexity index is 1590. The fourth-order valence-electron chi connectivity index (χ4n) is 4.46. The van der Waals surface area contributed by atoms with Crippen LogP contribution in [0, 0.1) is 29.1 Å². The van der Waals surface area contributed by atoms with Crippen LogP contribution in [0.25, 0.3) is 43.8 Å². The molecule has 0 fully saturated rings. The second kappa shape index (κ2) is 8.08. The van der Waals surface area contributed by atoms with Crippen LogP contribution in [0.15, 0.2) is 72.8 Å². The molecule has 0 N–H and O–H groups in total. The van der Waals surface area contributed by atoms with E-state index in [9.17, 15) is 22.0 Å². The van der Waals surface area contributed by atoms with Crippen molar-refractivity contribution in [2.75, 3.05) is 0 Å². The van der Waals surface area contributed by atoms with Crippen molar-refractivity contribution in [2.24, 2.45) is 0 Å². The second-order valence-corrected chi connectivity index (χ2v) is 7.83. The largest absolute Gasteiger partial charge is 0.422 e. The number of hydrogen-bond donors (Lipinski definition) is 0. The highest BCUT2D eigenvalue weighted by Gasteiger charge is 2.43. The summed E-state index contributed by atoms with van der Waals surface area (Å²) in [4.78, 5) is 0. The van der Waals surface area contributed by atoms with Gasteiger partial charge in [-0.15, -0.1) is 0 Å². The molecular formula is C27H12F8. The van der Waals surface area contributed by atoms with E-state index in [4.69, 9.17) is 0 Å². The summed E-state index contributed by atoms with van der Waals surface area (Å²) in [6.07, 6.45) is -5.68. The standard InChI is InChI=1S/C27H12F8/c28-17-12-6-11-16-19(21-23(29)25(31)22(27(33,34)35)26(32)24(21)30)15-10-5-4-9-14(15)18(20(16)17)13-7-2-1-3-8-13/h1-12H. The quantitative estimate of drug-likeness (QED) is 0.132. The van der Waals surface area contributed by atoms with Crippen LogP contribution in [0.1, 0.15) is 5.56 Å². The zero-order valence-corrected chi connectivity index (χ0v) is 17.5. The predicted octanol–water partition coefficient (Wildman–Crippen LogP) is 9.04. The molecular weight excluding hydrogens is 476 g/mol. The minimum Gasteiger partial charge on any atom is -0.206 e. The summed E-state index contributed by atoms with van der Waals surface area (Å²) < 4.78 is 114. The number of fused-ring (bicyclic) bond motifs is 2. The van der Waals surface area contributed by atoms with Gasteiger partial charge in [-0.1, -0.05) is 66.7 Å². The maximum atomic E-state index is 15.3. The fourth-order valence-corrected chi connectivity index (χ4v) is 4.46. The maximum Gasteiger partial charge on any atom is 0.422 e. The average Bonchev–Trinajstić information content (AvgIpc) is 2.82. The van der Waals surface area contributed by atoms with Gasteiger partial charge in [-0.2, -0.15) is 13.2 Å². The van der Waals surface area contributed by atoms with E-state index in [0.717, 1.165) is 6.07 Å². The van der Waals surface area contributed by atoms with Crippen molar-refractivity contribution in [2.45, 2.75) is 6.18 Å². The van der Waals surface area contributed by atoms with Gasteiger partial charge in [0.1, 0.15) is 11.4 Å². The van der Waals surface area contributed by atoms with Crippen LogP contribution in [0.3, 0.4) is 0 Å². The number of benzene rings is 5. The summed E-state index contributed by atoms with van der Waals surface area (Å²) in [6.45, 7) is 0. The monoisotopic (exact) mass is 488 g/mol. The average molecular weight is 488 g/mol. The molecule has 5 aromatic carbocycles. The Morgan fingerprint density at radius 1 is 0.457 bits per heavy atom. The van der Waals surface area contributed by atoms with Crippen LogP contribution in [0.4, 0.5) is 35.1 Å². The molecule has 0 aromatic heterocycles. The van der Waals surface area contributed by atoms with Gasteiger partial charge in [0.2, 0.25) is 0 Å². The van der Waals surface area contributed by atoms with Gasteiger partial charge in [0.25, 0.3) is 0 Å². The molecule has 0 aliphatic rings. The predicted molar refractivity (Wildman–Crippen MR) is 117 cm³/mol. The molecule has 0 atom stereocenters. The van der Waals surface area contributed by atoms with E-state index in [1.165, 1.54) is 30.3 Å².